The van der Waals surface area contributed by atoms with Gasteiger partial charge < -0.3 is 9.72 Å². The first-order valence-corrected chi connectivity index (χ1v) is 8.58. The van der Waals surface area contributed by atoms with Crippen molar-refractivity contribution in [1.29, 1.82) is 0 Å². The molecule has 1 N–H and O–H groups in total. The maximum absolute atomic E-state index is 12.9. The normalized spacial score (nSPS) is 10.8. The lowest BCUT2D eigenvalue weighted by Gasteiger charge is -2.09. The molecule has 0 saturated carbocycles. The van der Waals surface area contributed by atoms with Crippen LogP contribution in [0.15, 0.2) is 67.0 Å². The zero-order valence-corrected chi connectivity index (χ0v) is 14.9. The van der Waals surface area contributed by atoms with Crippen LogP contribution in [0.5, 0.6) is 11.5 Å². The van der Waals surface area contributed by atoms with Crippen molar-refractivity contribution in [2.24, 2.45) is 0 Å². The van der Waals surface area contributed by atoms with Crippen LogP contribution in [0.25, 0.3) is 11.0 Å². The van der Waals surface area contributed by atoms with E-state index in [2.05, 4.69) is 9.97 Å². The summed E-state index contributed by atoms with van der Waals surface area (Å²) in [5, 5.41) is 1.42. The molecule has 0 unspecified atom stereocenters. The maximum Gasteiger partial charge on any atom is 0.195 e. The van der Waals surface area contributed by atoms with E-state index in [0.29, 0.717) is 43.7 Å². The Balaban J connectivity index is 1.67. The molecule has 0 amide bonds. The standard InChI is InChI=1S/C20H12Cl2N2O2/c21-15-8-9-23-20-18(15)14(11-24-20)19(25)12-6-7-17(16(22)10-12)26-13-4-2-1-3-5-13/h1-11H,(H,23,24). The summed E-state index contributed by atoms with van der Waals surface area (Å²) in [6.07, 6.45) is 3.19. The summed E-state index contributed by atoms with van der Waals surface area (Å²) in [4.78, 5) is 20.0. The molecule has 2 heterocycles. The largest absolute Gasteiger partial charge is 0.456 e. The molecule has 128 valence electrons. The summed E-state index contributed by atoms with van der Waals surface area (Å²) in [6, 6.07) is 15.9. The van der Waals surface area contributed by atoms with Gasteiger partial charge in [0.2, 0.25) is 0 Å². The molecule has 0 fully saturated rings. The highest BCUT2D eigenvalue weighted by atomic mass is 35.5. The van der Waals surface area contributed by atoms with Crippen molar-refractivity contribution in [3.63, 3.8) is 0 Å². The first kappa shape index (κ1) is 16.6. The minimum absolute atomic E-state index is 0.195. The zero-order valence-electron chi connectivity index (χ0n) is 13.4. The number of aromatic nitrogens is 2. The maximum atomic E-state index is 12.9. The van der Waals surface area contributed by atoms with Gasteiger partial charge in [0.1, 0.15) is 17.1 Å². The van der Waals surface area contributed by atoms with E-state index in [1.807, 2.05) is 30.3 Å². The van der Waals surface area contributed by atoms with Crippen LogP contribution in [0.2, 0.25) is 10.0 Å². The average molecular weight is 383 g/mol. The van der Waals surface area contributed by atoms with Crippen molar-refractivity contribution in [3.05, 3.63) is 88.2 Å². The predicted octanol–water partition coefficient (Wildman–Crippen LogP) is 5.89. The van der Waals surface area contributed by atoms with Crippen LogP contribution < -0.4 is 4.74 Å². The van der Waals surface area contributed by atoms with Gasteiger partial charge in [-0.2, -0.15) is 0 Å². The van der Waals surface area contributed by atoms with Gasteiger partial charge in [-0.15, -0.1) is 0 Å². The minimum atomic E-state index is -0.195. The fraction of sp³-hybridized carbons (Fsp3) is 0. The van der Waals surface area contributed by atoms with Gasteiger partial charge in [-0.05, 0) is 36.4 Å². The van der Waals surface area contributed by atoms with E-state index < -0.39 is 0 Å². The van der Waals surface area contributed by atoms with Gasteiger partial charge >= 0.3 is 0 Å². The fourth-order valence-corrected chi connectivity index (χ4v) is 3.16. The summed E-state index contributed by atoms with van der Waals surface area (Å²) in [7, 11) is 0. The number of ether oxygens (including phenoxy) is 1. The summed E-state index contributed by atoms with van der Waals surface area (Å²) >= 11 is 12.5. The molecule has 2 aromatic carbocycles. The van der Waals surface area contributed by atoms with Crippen LogP contribution in [-0.2, 0) is 0 Å². The van der Waals surface area contributed by atoms with E-state index >= 15 is 0 Å². The molecular formula is C20H12Cl2N2O2. The van der Waals surface area contributed by atoms with E-state index in [1.165, 1.54) is 0 Å². The number of pyridine rings is 1. The Labute approximate surface area is 159 Å². The third-order valence-electron chi connectivity index (χ3n) is 3.93. The molecule has 0 aliphatic rings. The molecule has 4 nitrogen and oxygen atoms in total. The third kappa shape index (κ3) is 3.05. The molecule has 6 heteroatoms. The summed E-state index contributed by atoms with van der Waals surface area (Å²) in [5.41, 5.74) is 1.46. The minimum Gasteiger partial charge on any atom is -0.456 e. The van der Waals surface area contributed by atoms with Crippen LogP contribution in [0.3, 0.4) is 0 Å². The van der Waals surface area contributed by atoms with Gasteiger partial charge in [-0.3, -0.25) is 4.79 Å². The second kappa shape index (κ2) is 6.83. The third-order valence-corrected chi connectivity index (χ3v) is 4.54. The number of hydrogen-bond acceptors (Lipinski definition) is 3. The number of benzene rings is 2. The van der Waals surface area contributed by atoms with Crippen molar-refractivity contribution in [1.82, 2.24) is 9.97 Å². The molecule has 0 bridgehead atoms. The molecule has 0 radical (unpaired) electrons. The van der Waals surface area contributed by atoms with Crippen molar-refractivity contribution in [2.75, 3.05) is 0 Å². The van der Waals surface area contributed by atoms with Crippen LogP contribution >= 0.6 is 23.2 Å². The zero-order chi connectivity index (χ0) is 18.1. The second-order valence-corrected chi connectivity index (χ2v) is 6.42. The van der Waals surface area contributed by atoms with Crippen LogP contribution in [0, 0.1) is 0 Å². The number of carbonyl (C=O) groups excluding carboxylic acids is 1. The van der Waals surface area contributed by atoms with E-state index in [-0.39, 0.29) is 5.78 Å². The average Bonchev–Trinajstić information content (AvgIpc) is 3.09. The number of H-pyrrole nitrogens is 1. The monoisotopic (exact) mass is 382 g/mol. The molecule has 0 aliphatic heterocycles. The number of aromatic amines is 1. The molecule has 26 heavy (non-hydrogen) atoms. The number of para-hydroxylation sites is 1. The molecular weight excluding hydrogens is 371 g/mol. The van der Waals surface area contributed by atoms with Crippen LogP contribution in [-0.4, -0.2) is 15.8 Å². The Bertz CT molecular complexity index is 1110. The van der Waals surface area contributed by atoms with E-state index in [9.17, 15) is 4.79 Å². The number of ketones is 1. The van der Waals surface area contributed by atoms with E-state index in [1.54, 1.807) is 36.7 Å². The van der Waals surface area contributed by atoms with Crippen molar-refractivity contribution in [3.8, 4) is 11.5 Å². The number of fused-ring (bicyclic) bond motifs is 1. The lowest BCUT2D eigenvalue weighted by molar-refractivity contribution is 0.104. The van der Waals surface area contributed by atoms with Gasteiger partial charge in [-0.25, -0.2) is 4.98 Å². The van der Waals surface area contributed by atoms with Gasteiger partial charge in [-0.1, -0.05) is 41.4 Å². The van der Waals surface area contributed by atoms with Crippen molar-refractivity contribution in [2.45, 2.75) is 0 Å². The Morgan fingerprint density at radius 2 is 1.81 bits per heavy atom. The van der Waals surface area contributed by atoms with Crippen molar-refractivity contribution < 1.29 is 9.53 Å². The van der Waals surface area contributed by atoms with Crippen LogP contribution in [0.1, 0.15) is 15.9 Å². The highest BCUT2D eigenvalue weighted by molar-refractivity contribution is 6.37. The number of hydrogen-bond donors (Lipinski definition) is 1. The van der Waals surface area contributed by atoms with Gasteiger partial charge in [0.05, 0.1) is 15.6 Å². The molecule has 4 aromatic rings. The van der Waals surface area contributed by atoms with Gasteiger partial charge in [0.25, 0.3) is 0 Å². The summed E-state index contributed by atoms with van der Waals surface area (Å²) in [6.45, 7) is 0. The number of rotatable bonds is 4. The molecule has 0 atom stereocenters. The molecule has 0 saturated heterocycles. The van der Waals surface area contributed by atoms with Gasteiger partial charge in [0.15, 0.2) is 5.78 Å². The Hall–Kier alpha value is -2.82. The molecule has 0 spiro atoms. The second-order valence-electron chi connectivity index (χ2n) is 5.61. The lowest BCUT2D eigenvalue weighted by atomic mass is 10.0. The van der Waals surface area contributed by atoms with E-state index in [0.717, 1.165) is 0 Å². The first-order chi connectivity index (χ1) is 12.6. The smallest absolute Gasteiger partial charge is 0.195 e. The number of nitrogens with one attached hydrogen (secondary N) is 1. The Morgan fingerprint density at radius 1 is 1.00 bits per heavy atom. The van der Waals surface area contributed by atoms with Gasteiger partial charge in [0, 0.05) is 23.3 Å². The predicted molar refractivity (Wildman–Crippen MR) is 103 cm³/mol. The molecule has 4 rings (SSSR count). The fourth-order valence-electron chi connectivity index (χ4n) is 2.69. The molecule has 2 aromatic heterocycles. The lowest BCUT2D eigenvalue weighted by Crippen LogP contribution is -2.01. The molecule has 0 aliphatic carbocycles. The Kier molecular flexibility index (Phi) is 4.37. The summed E-state index contributed by atoms with van der Waals surface area (Å²) in [5.74, 6) is 0.954. The summed E-state index contributed by atoms with van der Waals surface area (Å²) < 4.78 is 5.74. The van der Waals surface area contributed by atoms with Crippen LogP contribution in [0.4, 0.5) is 0 Å². The first-order valence-electron chi connectivity index (χ1n) is 7.82. The number of nitrogens with zero attached hydrogens (tertiary/aromatic N) is 1. The number of carbonyl (C=O) groups is 1. The SMILES string of the molecule is O=C(c1ccc(Oc2ccccc2)c(Cl)c1)c1c[nH]c2nccc(Cl)c12. The highest BCUT2D eigenvalue weighted by Gasteiger charge is 2.18. The van der Waals surface area contributed by atoms with Crippen molar-refractivity contribution >= 4 is 40.0 Å². The quantitative estimate of drug-likeness (QED) is 0.447. The van der Waals surface area contributed by atoms with E-state index in [4.69, 9.17) is 27.9 Å². The Morgan fingerprint density at radius 3 is 2.58 bits per heavy atom. The number of halogens is 2. The highest BCUT2D eigenvalue weighted by Crippen LogP contribution is 2.32. The topological polar surface area (TPSA) is 55.0 Å².